The quantitative estimate of drug-likeness (QED) is 0.216. The molecule has 0 amide bonds. The van der Waals surface area contributed by atoms with Crippen LogP contribution in [0.1, 0.15) is 48.0 Å². The lowest BCUT2D eigenvalue weighted by molar-refractivity contribution is 0.0526. The molecule has 0 bridgehead atoms. The van der Waals surface area contributed by atoms with Crippen LogP contribution in [0, 0.1) is 19.7 Å². The summed E-state index contributed by atoms with van der Waals surface area (Å²) >= 11 is 3.28. The van der Waals surface area contributed by atoms with Crippen molar-refractivity contribution in [3.8, 4) is 22.7 Å². The molecule has 0 saturated carbocycles. The minimum atomic E-state index is -0.355. The first-order chi connectivity index (χ1) is 17.4. The summed E-state index contributed by atoms with van der Waals surface area (Å²) in [7, 11) is 0. The Morgan fingerprint density at radius 1 is 0.972 bits per heavy atom. The number of benzene rings is 3. The SMILES string of the molecule is CC.CCOC(=O)c1cccc(-n2c(C)ccc2-c2cc(C)ccc2OCc2ccc(Br)cc2F)c1. The lowest BCUT2D eigenvalue weighted by Crippen LogP contribution is -2.07. The number of halogens is 2. The van der Waals surface area contributed by atoms with Gasteiger partial charge in [0.2, 0.25) is 0 Å². The Morgan fingerprint density at radius 3 is 2.47 bits per heavy atom. The number of carbonyl (C=O) groups is 1. The molecule has 0 spiro atoms. The molecule has 0 aliphatic rings. The normalized spacial score (nSPS) is 10.4. The molecule has 1 heterocycles. The molecule has 188 valence electrons. The predicted molar refractivity (Wildman–Crippen MR) is 146 cm³/mol. The van der Waals surface area contributed by atoms with Gasteiger partial charge < -0.3 is 14.0 Å². The van der Waals surface area contributed by atoms with Gasteiger partial charge in [0.25, 0.3) is 0 Å². The van der Waals surface area contributed by atoms with E-state index in [-0.39, 0.29) is 18.4 Å². The van der Waals surface area contributed by atoms with Crippen molar-refractivity contribution in [3.63, 3.8) is 0 Å². The zero-order valence-electron chi connectivity index (χ0n) is 21.3. The third kappa shape index (κ3) is 6.24. The van der Waals surface area contributed by atoms with Crippen molar-refractivity contribution in [1.29, 1.82) is 0 Å². The van der Waals surface area contributed by atoms with Gasteiger partial charge in [0.1, 0.15) is 18.2 Å². The van der Waals surface area contributed by atoms with Gasteiger partial charge in [-0.05, 0) is 75.4 Å². The Balaban J connectivity index is 0.00000176. The number of aryl methyl sites for hydroxylation is 2. The second-order valence-corrected chi connectivity index (χ2v) is 8.91. The summed E-state index contributed by atoms with van der Waals surface area (Å²) in [5, 5.41) is 0. The van der Waals surface area contributed by atoms with E-state index in [4.69, 9.17) is 9.47 Å². The Kier molecular flexibility index (Phi) is 9.48. The number of esters is 1. The van der Waals surface area contributed by atoms with E-state index in [0.29, 0.717) is 28.0 Å². The van der Waals surface area contributed by atoms with Crippen molar-refractivity contribution in [2.75, 3.05) is 6.61 Å². The molecule has 4 aromatic rings. The average Bonchev–Trinajstić information content (AvgIpc) is 3.26. The third-order valence-corrected chi connectivity index (χ3v) is 5.99. The van der Waals surface area contributed by atoms with Gasteiger partial charge in [-0.3, -0.25) is 0 Å². The van der Waals surface area contributed by atoms with Crippen molar-refractivity contribution < 1.29 is 18.7 Å². The molecule has 0 aliphatic heterocycles. The molecule has 0 N–H and O–H groups in total. The van der Waals surface area contributed by atoms with Crippen LogP contribution in [0.15, 0.2) is 77.3 Å². The van der Waals surface area contributed by atoms with Crippen LogP contribution in [-0.4, -0.2) is 17.1 Å². The van der Waals surface area contributed by atoms with Crippen molar-refractivity contribution >= 4 is 21.9 Å². The van der Waals surface area contributed by atoms with Gasteiger partial charge >= 0.3 is 5.97 Å². The maximum atomic E-state index is 14.3. The van der Waals surface area contributed by atoms with E-state index in [0.717, 1.165) is 28.2 Å². The van der Waals surface area contributed by atoms with Crippen LogP contribution in [0.2, 0.25) is 0 Å². The number of nitrogens with zero attached hydrogens (tertiary/aromatic N) is 1. The fourth-order valence-electron chi connectivity index (χ4n) is 3.84. The minimum absolute atomic E-state index is 0.104. The van der Waals surface area contributed by atoms with Gasteiger partial charge in [-0.2, -0.15) is 0 Å². The van der Waals surface area contributed by atoms with E-state index in [1.807, 2.05) is 76.2 Å². The third-order valence-electron chi connectivity index (χ3n) is 5.50. The van der Waals surface area contributed by atoms with Crippen LogP contribution in [0.5, 0.6) is 5.75 Å². The van der Waals surface area contributed by atoms with Gasteiger partial charge in [-0.15, -0.1) is 0 Å². The molecule has 36 heavy (non-hydrogen) atoms. The van der Waals surface area contributed by atoms with E-state index >= 15 is 0 Å². The van der Waals surface area contributed by atoms with Crippen molar-refractivity contribution in [2.24, 2.45) is 0 Å². The Hall–Kier alpha value is -3.38. The molecule has 0 unspecified atom stereocenters. The van der Waals surface area contributed by atoms with Crippen molar-refractivity contribution in [3.05, 3.63) is 105 Å². The van der Waals surface area contributed by atoms with Gasteiger partial charge in [0.05, 0.1) is 17.9 Å². The first kappa shape index (κ1) is 27.2. The second kappa shape index (κ2) is 12.5. The fourth-order valence-corrected chi connectivity index (χ4v) is 4.18. The number of hydrogen-bond donors (Lipinski definition) is 0. The monoisotopic (exact) mass is 551 g/mol. The summed E-state index contributed by atoms with van der Waals surface area (Å²) in [5.41, 5.74) is 5.67. The topological polar surface area (TPSA) is 40.5 Å². The van der Waals surface area contributed by atoms with Crippen LogP contribution in [-0.2, 0) is 11.3 Å². The van der Waals surface area contributed by atoms with Crippen LogP contribution in [0.3, 0.4) is 0 Å². The first-order valence-corrected chi connectivity index (χ1v) is 12.8. The maximum Gasteiger partial charge on any atom is 0.338 e. The van der Waals surface area contributed by atoms with Gasteiger partial charge in [-0.25, -0.2) is 9.18 Å². The van der Waals surface area contributed by atoms with Gasteiger partial charge in [0.15, 0.2) is 0 Å². The van der Waals surface area contributed by atoms with Crippen LogP contribution < -0.4 is 4.74 Å². The van der Waals surface area contributed by atoms with E-state index in [2.05, 4.69) is 20.5 Å². The summed E-state index contributed by atoms with van der Waals surface area (Å²) in [6.45, 7) is 10.2. The summed E-state index contributed by atoms with van der Waals surface area (Å²) in [5.74, 6) is -0.0290. The number of aromatic nitrogens is 1. The van der Waals surface area contributed by atoms with E-state index in [1.165, 1.54) is 6.07 Å². The lowest BCUT2D eigenvalue weighted by atomic mass is 10.1. The highest BCUT2D eigenvalue weighted by molar-refractivity contribution is 9.10. The first-order valence-electron chi connectivity index (χ1n) is 12.0. The van der Waals surface area contributed by atoms with E-state index < -0.39 is 0 Å². The lowest BCUT2D eigenvalue weighted by Gasteiger charge is -2.17. The molecule has 0 saturated heterocycles. The van der Waals surface area contributed by atoms with E-state index in [9.17, 15) is 9.18 Å². The maximum absolute atomic E-state index is 14.3. The largest absolute Gasteiger partial charge is 0.488 e. The highest BCUT2D eigenvalue weighted by Gasteiger charge is 2.16. The standard InChI is InChI=1S/C28H25BrFNO3.C2H6/c1-4-33-28(32)20-6-5-7-23(15-20)31-19(3)9-12-26(31)24-14-18(2)8-13-27(24)34-17-21-10-11-22(29)16-25(21)30;1-2/h5-16H,4,17H2,1-3H3;1-2H3. The van der Waals surface area contributed by atoms with Gasteiger partial charge in [-0.1, -0.05) is 53.5 Å². The van der Waals surface area contributed by atoms with Crippen molar-refractivity contribution in [2.45, 2.75) is 41.2 Å². The molecule has 0 aliphatic carbocycles. The summed E-state index contributed by atoms with van der Waals surface area (Å²) < 4.78 is 28.4. The molecule has 3 aromatic carbocycles. The molecular formula is C30H31BrFNO3. The Labute approximate surface area is 220 Å². The molecule has 1 aromatic heterocycles. The van der Waals surface area contributed by atoms with Crippen LogP contribution in [0.4, 0.5) is 4.39 Å². The smallest absolute Gasteiger partial charge is 0.338 e. The summed E-state index contributed by atoms with van der Waals surface area (Å²) in [4.78, 5) is 12.3. The highest BCUT2D eigenvalue weighted by atomic mass is 79.9. The van der Waals surface area contributed by atoms with Crippen LogP contribution in [0.25, 0.3) is 16.9 Å². The molecule has 0 atom stereocenters. The molecule has 4 nitrogen and oxygen atoms in total. The Bertz CT molecular complexity index is 1350. The molecular weight excluding hydrogens is 521 g/mol. The molecule has 0 fully saturated rings. The number of hydrogen-bond acceptors (Lipinski definition) is 3. The molecule has 0 radical (unpaired) electrons. The fraction of sp³-hybridized carbons (Fsp3) is 0.233. The number of ether oxygens (including phenoxy) is 2. The van der Waals surface area contributed by atoms with Crippen LogP contribution >= 0.6 is 15.9 Å². The molecule has 6 heteroatoms. The Morgan fingerprint density at radius 2 is 1.75 bits per heavy atom. The minimum Gasteiger partial charge on any atom is -0.488 e. The molecule has 4 rings (SSSR count). The average molecular weight is 552 g/mol. The second-order valence-electron chi connectivity index (χ2n) is 7.99. The summed E-state index contributed by atoms with van der Waals surface area (Å²) in [6, 6.07) is 22.3. The zero-order chi connectivity index (χ0) is 26.2. The van der Waals surface area contributed by atoms with E-state index in [1.54, 1.807) is 25.1 Å². The van der Waals surface area contributed by atoms with Gasteiger partial charge in [0, 0.05) is 27.0 Å². The number of carbonyl (C=O) groups excluding carboxylic acids is 1. The highest BCUT2D eigenvalue weighted by Crippen LogP contribution is 2.35. The number of rotatable bonds is 7. The zero-order valence-corrected chi connectivity index (χ0v) is 22.9. The van der Waals surface area contributed by atoms with Crippen molar-refractivity contribution in [1.82, 2.24) is 4.57 Å². The summed E-state index contributed by atoms with van der Waals surface area (Å²) in [6.07, 6.45) is 0. The predicted octanol–water partition coefficient (Wildman–Crippen LogP) is 8.44.